The molecule has 2 aromatic rings. The molecule has 5 heteroatoms. The summed E-state index contributed by atoms with van der Waals surface area (Å²) in [7, 11) is 0. The second-order valence-corrected chi connectivity index (χ2v) is 3.70. The van der Waals surface area contributed by atoms with Crippen LogP contribution in [0.15, 0.2) is 59.9 Å². The molecule has 0 spiro atoms. The van der Waals surface area contributed by atoms with Gasteiger partial charge in [-0.3, -0.25) is 0 Å². The fraction of sp³-hybridized carbons (Fsp3) is 0.0714. The lowest BCUT2D eigenvalue weighted by atomic mass is 10.1. The van der Waals surface area contributed by atoms with E-state index >= 15 is 0 Å². The Kier molecular flexibility index (Phi) is 4.23. The predicted molar refractivity (Wildman–Crippen MR) is 69.3 cm³/mol. The number of benzene rings is 1. The second kappa shape index (κ2) is 6.30. The van der Waals surface area contributed by atoms with Crippen molar-refractivity contribution in [3.63, 3.8) is 0 Å². The maximum Gasteiger partial charge on any atom is 0.357 e. The molecular weight excluding hydrogens is 244 g/mol. The molecule has 0 saturated carbocycles. The van der Waals surface area contributed by atoms with E-state index in [1.165, 1.54) is 6.20 Å². The van der Waals surface area contributed by atoms with Gasteiger partial charge in [0.15, 0.2) is 0 Å². The minimum absolute atomic E-state index is 0.115. The van der Waals surface area contributed by atoms with Gasteiger partial charge in [0, 0.05) is 11.8 Å². The summed E-state index contributed by atoms with van der Waals surface area (Å²) in [5.74, 6) is -0.558. The fourth-order valence-corrected chi connectivity index (χ4v) is 1.49. The molecule has 0 aliphatic rings. The van der Waals surface area contributed by atoms with Crippen molar-refractivity contribution in [2.75, 3.05) is 6.61 Å². The van der Waals surface area contributed by atoms with E-state index in [-0.39, 0.29) is 18.0 Å². The Hall–Kier alpha value is -2.69. The molecule has 0 saturated heterocycles. The standard InChI is InChI=1S/C14H12N2O3/c17-14(12-8-4-5-9-15-12)19-10-13(16-18)11-6-2-1-3-7-11/h1-9,18H,10H2/b16-13-. The normalized spacial score (nSPS) is 11.1. The Bertz CT molecular complexity index is 568. The van der Waals surface area contributed by atoms with Crippen LogP contribution >= 0.6 is 0 Å². The summed E-state index contributed by atoms with van der Waals surface area (Å²) in [5.41, 5.74) is 1.19. The van der Waals surface area contributed by atoms with E-state index < -0.39 is 5.97 Å². The van der Waals surface area contributed by atoms with E-state index in [9.17, 15) is 4.79 Å². The molecule has 0 unspecified atom stereocenters. The van der Waals surface area contributed by atoms with Crippen LogP contribution in [-0.4, -0.2) is 28.5 Å². The zero-order valence-electron chi connectivity index (χ0n) is 10.1. The van der Waals surface area contributed by atoms with Crippen molar-refractivity contribution >= 4 is 11.7 Å². The summed E-state index contributed by atoms with van der Waals surface area (Å²) in [4.78, 5) is 15.6. The van der Waals surface area contributed by atoms with Crippen molar-refractivity contribution < 1.29 is 14.7 Å². The van der Waals surface area contributed by atoms with Crippen LogP contribution in [0, 0.1) is 0 Å². The van der Waals surface area contributed by atoms with Crippen molar-refractivity contribution in [2.24, 2.45) is 5.16 Å². The molecule has 0 amide bonds. The SMILES string of the molecule is O=C(OC/C(=N/O)c1ccccc1)c1ccccn1. The quantitative estimate of drug-likeness (QED) is 0.393. The molecular formula is C14H12N2O3. The van der Waals surface area contributed by atoms with Crippen LogP contribution in [0.4, 0.5) is 0 Å². The Morgan fingerprint density at radius 1 is 1.16 bits per heavy atom. The van der Waals surface area contributed by atoms with Gasteiger partial charge in [-0.25, -0.2) is 9.78 Å². The zero-order chi connectivity index (χ0) is 13.5. The van der Waals surface area contributed by atoms with Gasteiger partial charge in [0.25, 0.3) is 0 Å². The molecule has 5 nitrogen and oxygen atoms in total. The summed E-state index contributed by atoms with van der Waals surface area (Å²) in [6, 6.07) is 14.0. The summed E-state index contributed by atoms with van der Waals surface area (Å²) in [6.07, 6.45) is 1.51. The van der Waals surface area contributed by atoms with Crippen LogP contribution in [0.3, 0.4) is 0 Å². The lowest BCUT2D eigenvalue weighted by Gasteiger charge is -2.06. The first-order chi connectivity index (χ1) is 9.31. The van der Waals surface area contributed by atoms with Crippen molar-refractivity contribution in [3.8, 4) is 0 Å². The Balaban J connectivity index is 2.00. The number of hydrogen-bond acceptors (Lipinski definition) is 5. The van der Waals surface area contributed by atoms with Gasteiger partial charge >= 0.3 is 5.97 Å². The van der Waals surface area contributed by atoms with Gasteiger partial charge in [0.1, 0.15) is 18.0 Å². The van der Waals surface area contributed by atoms with E-state index in [4.69, 9.17) is 9.94 Å². The van der Waals surface area contributed by atoms with Gasteiger partial charge < -0.3 is 9.94 Å². The molecule has 2 rings (SSSR count). The van der Waals surface area contributed by atoms with Crippen LogP contribution in [0.25, 0.3) is 0 Å². The third-order valence-corrected chi connectivity index (χ3v) is 2.44. The highest BCUT2D eigenvalue weighted by atomic mass is 16.5. The van der Waals surface area contributed by atoms with Crippen molar-refractivity contribution in [1.82, 2.24) is 4.98 Å². The molecule has 0 radical (unpaired) electrons. The highest BCUT2D eigenvalue weighted by Crippen LogP contribution is 2.03. The molecule has 1 N–H and O–H groups in total. The maximum absolute atomic E-state index is 11.7. The number of carbonyl (C=O) groups excluding carboxylic acids is 1. The summed E-state index contributed by atoms with van der Waals surface area (Å²) in [5, 5.41) is 12.1. The first kappa shape index (κ1) is 12.8. The van der Waals surface area contributed by atoms with Crippen molar-refractivity contribution in [3.05, 3.63) is 66.0 Å². The highest BCUT2D eigenvalue weighted by Gasteiger charge is 2.11. The molecule has 1 aromatic carbocycles. The number of pyridine rings is 1. The topological polar surface area (TPSA) is 71.8 Å². The third kappa shape index (κ3) is 3.38. The fourth-order valence-electron chi connectivity index (χ4n) is 1.49. The Labute approximate surface area is 110 Å². The molecule has 96 valence electrons. The summed E-state index contributed by atoms with van der Waals surface area (Å²) < 4.78 is 5.04. The number of hydrogen-bond donors (Lipinski definition) is 1. The largest absolute Gasteiger partial charge is 0.454 e. The number of ether oxygens (including phenoxy) is 1. The summed E-state index contributed by atoms with van der Waals surface area (Å²) in [6.45, 7) is -0.115. The third-order valence-electron chi connectivity index (χ3n) is 2.44. The summed E-state index contributed by atoms with van der Waals surface area (Å²) >= 11 is 0. The van der Waals surface area contributed by atoms with Crippen LogP contribution in [0.5, 0.6) is 0 Å². The van der Waals surface area contributed by atoms with Gasteiger partial charge in [-0.1, -0.05) is 41.6 Å². The zero-order valence-corrected chi connectivity index (χ0v) is 10.1. The van der Waals surface area contributed by atoms with Crippen LogP contribution in [-0.2, 0) is 4.74 Å². The molecule has 0 fully saturated rings. The number of carbonyl (C=O) groups is 1. The first-order valence-electron chi connectivity index (χ1n) is 5.66. The molecule has 0 bridgehead atoms. The minimum Gasteiger partial charge on any atom is -0.454 e. The van der Waals surface area contributed by atoms with Crippen molar-refractivity contribution in [2.45, 2.75) is 0 Å². The molecule has 0 aliphatic heterocycles. The number of nitrogens with zero attached hydrogens (tertiary/aromatic N) is 2. The van der Waals surface area contributed by atoms with E-state index in [1.54, 1.807) is 42.5 Å². The minimum atomic E-state index is -0.558. The average molecular weight is 256 g/mol. The number of esters is 1. The van der Waals surface area contributed by atoms with Gasteiger partial charge in [-0.05, 0) is 12.1 Å². The number of rotatable bonds is 4. The van der Waals surface area contributed by atoms with Crippen LogP contribution in [0.2, 0.25) is 0 Å². The molecule has 19 heavy (non-hydrogen) atoms. The van der Waals surface area contributed by atoms with E-state index in [1.807, 2.05) is 6.07 Å². The smallest absolute Gasteiger partial charge is 0.357 e. The van der Waals surface area contributed by atoms with E-state index in [0.717, 1.165) is 0 Å². The Morgan fingerprint density at radius 2 is 1.89 bits per heavy atom. The first-order valence-corrected chi connectivity index (χ1v) is 5.66. The molecule has 0 atom stereocenters. The lowest BCUT2D eigenvalue weighted by molar-refractivity contribution is 0.0555. The molecule has 1 aromatic heterocycles. The maximum atomic E-state index is 11.7. The van der Waals surface area contributed by atoms with Gasteiger partial charge in [-0.2, -0.15) is 0 Å². The number of oxime groups is 1. The monoisotopic (exact) mass is 256 g/mol. The Morgan fingerprint density at radius 3 is 2.53 bits per heavy atom. The number of aromatic nitrogens is 1. The highest BCUT2D eigenvalue weighted by molar-refractivity contribution is 6.02. The predicted octanol–water partition coefficient (Wildman–Crippen LogP) is 2.12. The molecule has 0 aliphatic carbocycles. The average Bonchev–Trinajstić information content (AvgIpc) is 2.49. The van der Waals surface area contributed by atoms with Crippen LogP contribution in [0.1, 0.15) is 16.1 Å². The van der Waals surface area contributed by atoms with Crippen LogP contribution < -0.4 is 0 Å². The van der Waals surface area contributed by atoms with Gasteiger partial charge in [0.05, 0.1) is 0 Å². The second-order valence-electron chi connectivity index (χ2n) is 3.70. The lowest BCUT2D eigenvalue weighted by Crippen LogP contribution is -2.16. The van der Waals surface area contributed by atoms with Crippen molar-refractivity contribution in [1.29, 1.82) is 0 Å². The van der Waals surface area contributed by atoms with E-state index in [2.05, 4.69) is 10.1 Å². The van der Waals surface area contributed by atoms with E-state index in [0.29, 0.717) is 5.56 Å². The molecule has 1 heterocycles. The van der Waals surface area contributed by atoms with Gasteiger partial charge in [-0.15, -0.1) is 0 Å². The van der Waals surface area contributed by atoms with Gasteiger partial charge in [0.2, 0.25) is 0 Å².